The van der Waals surface area contributed by atoms with Gasteiger partial charge in [0.25, 0.3) is 0 Å². The van der Waals surface area contributed by atoms with Crippen LogP contribution in [0.25, 0.3) is 0 Å². The second kappa shape index (κ2) is 7.79. The summed E-state index contributed by atoms with van der Waals surface area (Å²) < 4.78 is 0. The molecule has 4 nitrogen and oxygen atoms in total. The lowest BCUT2D eigenvalue weighted by molar-refractivity contribution is 0.157. The molecule has 1 aromatic rings. The fourth-order valence-electron chi connectivity index (χ4n) is 1.88. The van der Waals surface area contributed by atoms with E-state index in [9.17, 15) is 4.79 Å². The number of amides is 2. The van der Waals surface area contributed by atoms with Gasteiger partial charge in [0.1, 0.15) is 0 Å². The van der Waals surface area contributed by atoms with Crippen molar-refractivity contribution in [3.8, 4) is 0 Å². The van der Waals surface area contributed by atoms with Crippen LogP contribution in [0.4, 0.5) is 4.79 Å². The first-order valence-electron chi connectivity index (χ1n) is 6.76. The molecule has 19 heavy (non-hydrogen) atoms. The Hall–Kier alpha value is -1.55. The van der Waals surface area contributed by atoms with Gasteiger partial charge < -0.3 is 15.3 Å². The van der Waals surface area contributed by atoms with Crippen LogP contribution in [0.15, 0.2) is 30.3 Å². The van der Waals surface area contributed by atoms with Crippen molar-refractivity contribution in [2.75, 3.05) is 20.2 Å². The Labute approximate surface area is 115 Å². The van der Waals surface area contributed by atoms with Gasteiger partial charge in [-0.3, -0.25) is 0 Å². The predicted octanol–water partition coefficient (Wildman–Crippen LogP) is 2.20. The number of aliphatic hydroxyl groups excluding tert-OH is 1. The predicted molar refractivity (Wildman–Crippen MR) is 77.2 cm³/mol. The fourth-order valence-corrected chi connectivity index (χ4v) is 1.88. The molecule has 0 saturated heterocycles. The van der Waals surface area contributed by atoms with E-state index in [2.05, 4.69) is 24.4 Å². The third-order valence-electron chi connectivity index (χ3n) is 3.51. The normalized spacial score (nSPS) is 13.7. The summed E-state index contributed by atoms with van der Waals surface area (Å²) in [6, 6.07) is 9.87. The Kier molecular flexibility index (Phi) is 6.36. The molecule has 106 valence electrons. The Morgan fingerprint density at radius 1 is 1.37 bits per heavy atom. The molecule has 0 aliphatic heterocycles. The van der Waals surface area contributed by atoms with E-state index in [0.29, 0.717) is 12.5 Å². The van der Waals surface area contributed by atoms with E-state index in [1.165, 1.54) is 10.5 Å². The number of likely N-dealkylation sites (N-methyl/N-ethyl adjacent to an activating group) is 1. The van der Waals surface area contributed by atoms with Crippen LogP contribution in [0.5, 0.6) is 0 Å². The molecule has 1 aromatic carbocycles. The first-order chi connectivity index (χ1) is 9.10. The minimum atomic E-state index is -0.170. The number of nitrogens with zero attached hydrogens (tertiary/aromatic N) is 1. The highest BCUT2D eigenvalue weighted by molar-refractivity contribution is 5.74. The van der Waals surface area contributed by atoms with Gasteiger partial charge in [0, 0.05) is 19.5 Å². The largest absolute Gasteiger partial charge is 0.394 e. The summed E-state index contributed by atoms with van der Waals surface area (Å²) in [5.41, 5.74) is 1.24. The molecule has 0 heterocycles. The number of carbonyl (C=O) groups is 1. The average Bonchev–Trinajstić information content (AvgIpc) is 2.47. The van der Waals surface area contributed by atoms with Crippen LogP contribution >= 0.6 is 0 Å². The van der Waals surface area contributed by atoms with Gasteiger partial charge in [0.15, 0.2) is 0 Å². The Bertz CT molecular complexity index is 381. The van der Waals surface area contributed by atoms with Crippen LogP contribution in [0.3, 0.4) is 0 Å². The van der Waals surface area contributed by atoms with Crippen LogP contribution in [-0.2, 0) is 0 Å². The van der Waals surface area contributed by atoms with Crippen LogP contribution in [0, 0.1) is 0 Å². The van der Waals surface area contributed by atoms with Gasteiger partial charge in [-0.2, -0.15) is 0 Å². The summed E-state index contributed by atoms with van der Waals surface area (Å²) in [6.45, 7) is 4.51. The topological polar surface area (TPSA) is 52.6 Å². The van der Waals surface area contributed by atoms with E-state index in [0.717, 1.165) is 6.42 Å². The molecule has 0 aliphatic rings. The van der Waals surface area contributed by atoms with Crippen molar-refractivity contribution in [2.24, 2.45) is 0 Å². The quantitative estimate of drug-likeness (QED) is 0.827. The number of aliphatic hydroxyl groups is 1. The highest BCUT2D eigenvalue weighted by Crippen LogP contribution is 2.17. The summed E-state index contributed by atoms with van der Waals surface area (Å²) >= 11 is 0. The Morgan fingerprint density at radius 3 is 2.53 bits per heavy atom. The lowest BCUT2D eigenvalue weighted by Gasteiger charge is -2.25. The standard InChI is InChI=1S/C15H24N2O2/c1-4-13(14-8-6-5-7-9-14)10-16-15(19)17(3)12(2)11-18/h5-9,12-13,18H,4,10-11H2,1-3H3,(H,16,19). The van der Waals surface area contributed by atoms with Crippen molar-refractivity contribution < 1.29 is 9.90 Å². The van der Waals surface area contributed by atoms with Crippen molar-refractivity contribution in [1.82, 2.24) is 10.2 Å². The molecule has 1 rings (SSSR count). The van der Waals surface area contributed by atoms with Gasteiger partial charge in [-0.25, -0.2) is 4.79 Å². The number of benzene rings is 1. The number of rotatable bonds is 6. The highest BCUT2D eigenvalue weighted by Gasteiger charge is 2.16. The van der Waals surface area contributed by atoms with Gasteiger partial charge in [0.05, 0.1) is 12.6 Å². The molecule has 0 saturated carbocycles. The number of urea groups is 1. The highest BCUT2D eigenvalue weighted by atomic mass is 16.3. The summed E-state index contributed by atoms with van der Waals surface area (Å²) in [6.07, 6.45) is 0.976. The van der Waals surface area contributed by atoms with Crippen molar-refractivity contribution in [1.29, 1.82) is 0 Å². The van der Waals surface area contributed by atoms with E-state index >= 15 is 0 Å². The summed E-state index contributed by atoms with van der Waals surface area (Å²) in [4.78, 5) is 13.4. The van der Waals surface area contributed by atoms with Crippen molar-refractivity contribution >= 4 is 6.03 Å². The lowest BCUT2D eigenvalue weighted by Crippen LogP contribution is -2.44. The van der Waals surface area contributed by atoms with Gasteiger partial charge in [-0.1, -0.05) is 37.3 Å². The average molecular weight is 264 g/mol. The van der Waals surface area contributed by atoms with Gasteiger partial charge in [-0.15, -0.1) is 0 Å². The molecule has 0 aromatic heterocycles. The molecule has 2 amide bonds. The summed E-state index contributed by atoms with van der Waals surface area (Å²) in [5.74, 6) is 0.322. The smallest absolute Gasteiger partial charge is 0.317 e. The van der Waals surface area contributed by atoms with Crippen LogP contribution in [0.1, 0.15) is 31.7 Å². The molecule has 0 aliphatic carbocycles. The molecule has 0 bridgehead atoms. The molecule has 2 unspecified atom stereocenters. The number of hydrogen-bond acceptors (Lipinski definition) is 2. The van der Waals surface area contributed by atoms with E-state index in [1.54, 1.807) is 7.05 Å². The van der Waals surface area contributed by atoms with E-state index < -0.39 is 0 Å². The summed E-state index contributed by atoms with van der Waals surface area (Å²) in [7, 11) is 1.69. The fraction of sp³-hybridized carbons (Fsp3) is 0.533. The van der Waals surface area contributed by atoms with Gasteiger partial charge in [-0.05, 0) is 18.9 Å². The molecule has 4 heteroatoms. The lowest BCUT2D eigenvalue weighted by atomic mass is 9.97. The Morgan fingerprint density at radius 2 is 2.00 bits per heavy atom. The van der Waals surface area contributed by atoms with Crippen molar-refractivity contribution in [3.05, 3.63) is 35.9 Å². The minimum Gasteiger partial charge on any atom is -0.394 e. The minimum absolute atomic E-state index is 0.0280. The molecule has 0 radical (unpaired) electrons. The number of nitrogens with one attached hydrogen (secondary N) is 1. The zero-order valence-electron chi connectivity index (χ0n) is 12.0. The third kappa shape index (κ3) is 4.56. The first-order valence-corrected chi connectivity index (χ1v) is 6.76. The molecule has 0 spiro atoms. The van der Waals surface area contributed by atoms with Crippen LogP contribution in [-0.4, -0.2) is 42.3 Å². The van der Waals surface area contributed by atoms with Gasteiger partial charge in [0.2, 0.25) is 0 Å². The molecular formula is C15H24N2O2. The van der Waals surface area contributed by atoms with E-state index in [4.69, 9.17) is 5.11 Å². The molecule has 2 N–H and O–H groups in total. The third-order valence-corrected chi connectivity index (χ3v) is 3.51. The second-order valence-corrected chi connectivity index (χ2v) is 4.84. The van der Waals surface area contributed by atoms with Gasteiger partial charge >= 0.3 is 6.03 Å². The van der Waals surface area contributed by atoms with Crippen molar-refractivity contribution in [2.45, 2.75) is 32.2 Å². The second-order valence-electron chi connectivity index (χ2n) is 4.84. The van der Waals surface area contributed by atoms with Crippen LogP contribution in [0.2, 0.25) is 0 Å². The SMILES string of the molecule is CCC(CNC(=O)N(C)C(C)CO)c1ccccc1. The molecule has 0 fully saturated rings. The van der Waals surface area contributed by atoms with E-state index in [-0.39, 0.29) is 18.7 Å². The monoisotopic (exact) mass is 264 g/mol. The maximum Gasteiger partial charge on any atom is 0.317 e. The summed E-state index contributed by atoms with van der Waals surface area (Å²) in [5, 5.41) is 12.0. The molecular weight excluding hydrogens is 240 g/mol. The first kappa shape index (κ1) is 15.5. The Balaban J connectivity index is 2.52. The zero-order valence-corrected chi connectivity index (χ0v) is 12.0. The van der Waals surface area contributed by atoms with Crippen molar-refractivity contribution in [3.63, 3.8) is 0 Å². The number of carbonyl (C=O) groups excluding carboxylic acids is 1. The van der Waals surface area contributed by atoms with Crippen LogP contribution < -0.4 is 5.32 Å². The maximum atomic E-state index is 11.9. The zero-order chi connectivity index (χ0) is 14.3. The number of hydrogen-bond donors (Lipinski definition) is 2. The maximum absolute atomic E-state index is 11.9. The molecule has 2 atom stereocenters. The van der Waals surface area contributed by atoms with E-state index in [1.807, 2.05) is 25.1 Å².